The first-order valence-electron chi connectivity index (χ1n) is 7.45. The molecule has 0 unspecified atom stereocenters. The second kappa shape index (κ2) is 6.89. The summed E-state index contributed by atoms with van der Waals surface area (Å²) in [6, 6.07) is 9.20. The van der Waals surface area contributed by atoms with Gasteiger partial charge in [-0.3, -0.25) is 20.2 Å². The van der Waals surface area contributed by atoms with Crippen molar-refractivity contribution in [3.63, 3.8) is 0 Å². The van der Waals surface area contributed by atoms with E-state index in [0.29, 0.717) is 20.9 Å². The molecule has 9 heteroatoms. The molecule has 3 aromatic rings. The lowest BCUT2D eigenvalue weighted by atomic mass is 10.1. The van der Waals surface area contributed by atoms with E-state index in [9.17, 15) is 19.7 Å². The molecular weight excluding hydrogens is 358 g/mol. The standard InChI is InChI=1S/C17H13N3O5S/c1-9-11(4-3-5-13(9)20(23)24)15(21)19-17-18-12-7-6-10(16(22)25-2)8-14(12)26-17/h3-8H,1-2H3,(H,18,19,21). The Labute approximate surface area is 151 Å². The summed E-state index contributed by atoms with van der Waals surface area (Å²) in [5.41, 5.74) is 1.37. The van der Waals surface area contributed by atoms with Crippen LogP contribution in [0.4, 0.5) is 10.8 Å². The number of rotatable bonds is 4. The van der Waals surface area contributed by atoms with Crippen molar-refractivity contribution >= 4 is 44.2 Å². The molecule has 0 bridgehead atoms. The van der Waals surface area contributed by atoms with E-state index in [2.05, 4.69) is 15.0 Å². The summed E-state index contributed by atoms with van der Waals surface area (Å²) < 4.78 is 5.39. The van der Waals surface area contributed by atoms with E-state index in [1.165, 1.54) is 43.6 Å². The first-order valence-corrected chi connectivity index (χ1v) is 8.26. The van der Waals surface area contributed by atoms with Crippen molar-refractivity contribution in [2.24, 2.45) is 0 Å². The Morgan fingerprint density at radius 2 is 2.04 bits per heavy atom. The van der Waals surface area contributed by atoms with Gasteiger partial charge in [0.15, 0.2) is 5.13 Å². The van der Waals surface area contributed by atoms with Crippen LogP contribution in [0.2, 0.25) is 0 Å². The molecule has 0 aliphatic heterocycles. The lowest BCUT2D eigenvalue weighted by Crippen LogP contribution is -2.13. The van der Waals surface area contributed by atoms with Gasteiger partial charge in [0.1, 0.15) is 0 Å². The zero-order chi connectivity index (χ0) is 18.8. The first-order chi connectivity index (χ1) is 12.4. The van der Waals surface area contributed by atoms with Crippen LogP contribution in [0.1, 0.15) is 26.3 Å². The third-order valence-corrected chi connectivity index (χ3v) is 4.71. The molecule has 0 saturated heterocycles. The molecule has 1 aromatic heterocycles. The lowest BCUT2D eigenvalue weighted by molar-refractivity contribution is -0.385. The third kappa shape index (κ3) is 3.24. The number of methoxy groups -OCH3 is 1. The van der Waals surface area contributed by atoms with Crippen molar-refractivity contribution in [1.82, 2.24) is 4.98 Å². The number of amides is 1. The Morgan fingerprint density at radius 3 is 2.73 bits per heavy atom. The number of nitrogens with one attached hydrogen (secondary N) is 1. The summed E-state index contributed by atoms with van der Waals surface area (Å²) in [5, 5.41) is 14.0. The van der Waals surface area contributed by atoms with Crippen molar-refractivity contribution in [1.29, 1.82) is 0 Å². The van der Waals surface area contributed by atoms with Gasteiger partial charge in [0.2, 0.25) is 0 Å². The van der Waals surface area contributed by atoms with E-state index in [-0.39, 0.29) is 16.8 Å². The number of carbonyl (C=O) groups is 2. The first kappa shape index (κ1) is 17.5. The molecule has 0 saturated carbocycles. The SMILES string of the molecule is COC(=O)c1ccc2nc(NC(=O)c3cccc([N+](=O)[O-])c3C)sc2c1. The van der Waals surface area contributed by atoms with E-state index in [1.54, 1.807) is 18.2 Å². The highest BCUT2D eigenvalue weighted by Crippen LogP contribution is 2.28. The number of ether oxygens (including phenoxy) is 1. The molecule has 26 heavy (non-hydrogen) atoms. The number of carbonyl (C=O) groups excluding carboxylic acids is 2. The number of fused-ring (bicyclic) bond motifs is 1. The van der Waals surface area contributed by atoms with Gasteiger partial charge < -0.3 is 4.74 Å². The van der Waals surface area contributed by atoms with Gasteiger partial charge in [0.05, 0.1) is 27.8 Å². The molecule has 132 valence electrons. The average molecular weight is 371 g/mol. The zero-order valence-corrected chi connectivity index (χ0v) is 14.6. The van der Waals surface area contributed by atoms with Gasteiger partial charge in [0.25, 0.3) is 11.6 Å². The van der Waals surface area contributed by atoms with Crippen LogP contribution in [0.5, 0.6) is 0 Å². The highest BCUT2D eigenvalue weighted by molar-refractivity contribution is 7.22. The average Bonchev–Trinajstić information content (AvgIpc) is 3.02. The van der Waals surface area contributed by atoms with Gasteiger partial charge in [-0.05, 0) is 31.2 Å². The maximum atomic E-state index is 12.5. The van der Waals surface area contributed by atoms with Crippen LogP contribution in [0, 0.1) is 17.0 Å². The van der Waals surface area contributed by atoms with Crippen LogP contribution < -0.4 is 5.32 Å². The monoisotopic (exact) mass is 371 g/mol. The van der Waals surface area contributed by atoms with Gasteiger partial charge >= 0.3 is 5.97 Å². The Balaban J connectivity index is 1.89. The Morgan fingerprint density at radius 1 is 1.27 bits per heavy atom. The van der Waals surface area contributed by atoms with Gasteiger partial charge in [-0.25, -0.2) is 9.78 Å². The molecule has 0 atom stereocenters. The summed E-state index contributed by atoms with van der Waals surface area (Å²) in [5.74, 6) is -0.948. The number of thiazole rings is 1. The minimum Gasteiger partial charge on any atom is -0.465 e. The van der Waals surface area contributed by atoms with E-state index in [4.69, 9.17) is 0 Å². The molecule has 1 N–H and O–H groups in total. The van der Waals surface area contributed by atoms with Crippen LogP contribution in [0.3, 0.4) is 0 Å². The highest BCUT2D eigenvalue weighted by Gasteiger charge is 2.19. The van der Waals surface area contributed by atoms with Gasteiger partial charge in [-0.15, -0.1) is 0 Å². The van der Waals surface area contributed by atoms with Crippen LogP contribution in [-0.2, 0) is 4.74 Å². The fourth-order valence-electron chi connectivity index (χ4n) is 2.45. The minimum atomic E-state index is -0.530. The number of benzene rings is 2. The van der Waals surface area contributed by atoms with Crippen LogP contribution in [-0.4, -0.2) is 28.9 Å². The molecular formula is C17H13N3O5S. The number of hydrogen-bond donors (Lipinski definition) is 1. The van der Waals surface area contributed by atoms with Gasteiger partial charge in [-0.2, -0.15) is 0 Å². The molecule has 0 aliphatic rings. The zero-order valence-electron chi connectivity index (χ0n) is 13.8. The molecule has 1 heterocycles. The van der Waals surface area contributed by atoms with E-state index in [1.807, 2.05) is 0 Å². The highest BCUT2D eigenvalue weighted by atomic mass is 32.1. The summed E-state index contributed by atoms with van der Waals surface area (Å²) in [6.07, 6.45) is 0. The maximum Gasteiger partial charge on any atom is 0.337 e. The predicted octanol–water partition coefficient (Wildman–Crippen LogP) is 3.55. The number of hydrogen-bond acceptors (Lipinski definition) is 7. The summed E-state index contributed by atoms with van der Waals surface area (Å²) in [7, 11) is 1.30. The fraction of sp³-hybridized carbons (Fsp3) is 0.118. The maximum absolute atomic E-state index is 12.5. The normalized spacial score (nSPS) is 10.5. The lowest BCUT2D eigenvalue weighted by Gasteiger charge is -2.05. The number of nitrogens with zero attached hydrogens (tertiary/aromatic N) is 2. The van der Waals surface area contributed by atoms with E-state index in [0.717, 1.165) is 0 Å². The number of nitro benzene ring substituents is 1. The largest absolute Gasteiger partial charge is 0.465 e. The van der Waals surface area contributed by atoms with Crippen molar-refractivity contribution in [3.8, 4) is 0 Å². The predicted molar refractivity (Wildman–Crippen MR) is 96.7 cm³/mol. The van der Waals surface area contributed by atoms with Crippen LogP contribution in [0.15, 0.2) is 36.4 Å². The van der Waals surface area contributed by atoms with E-state index >= 15 is 0 Å². The quantitative estimate of drug-likeness (QED) is 0.426. The van der Waals surface area contributed by atoms with Crippen molar-refractivity contribution in [2.75, 3.05) is 12.4 Å². The summed E-state index contributed by atoms with van der Waals surface area (Å²) in [6.45, 7) is 1.52. The van der Waals surface area contributed by atoms with Crippen molar-refractivity contribution < 1.29 is 19.2 Å². The topological polar surface area (TPSA) is 111 Å². The Kier molecular flexibility index (Phi) is 4.63. The molecule has 8 nitrogen and oxygen atoms in total. The van der Waals surface area contributed by atoms with Gasteiger partial charge in [-0.1, -0.05) is 17.4 Å². The molecule has 0 aliphatic carbocycles. The second-order valence-electron chi connectivity index (χ2n) is 5.35. The van der Waals surface area contributed by atoms with Crippen LogP contribution >= 0.6 is 11.3 Å². The van der Waals surface area contributed by atoms with E-state index < -0.39 is 16.8 Å². The number of esters is 1. The molecule has 2 aromatic carbocycles. The molecule has 0 radical (unpaired) electrons. The molecule has 0 spiro atoms. The minimum absolute atomic E-state index is 0.121. The number of nitro groups is 1. The number of anilines is 1. The number of aromatic nitrogens is 1. The molecule has 0 fully saturated rings. The van der Waals surface area contributed by atoms with Crippen LogP contribution in [0.25, 0.3) is 10.2 Å². The summed E-state index contributed by atoms with van der Waals surface area (Å²) >= 11 is 1.19. The fourth-order valence-corrected chi connectivity index (χ4v) is 3.35. The molecule has 1 amide bonds. The Bertz CT molecular complexity index is 1040. The van der Waals surface area contributed by atoms with Crippen molar-refractivity contribution in [3.05, 3.63) is 63.2 Å². The second-order valence-corrected chi connectivity index (χ2v) is 6.38. The smallest absolute Gasteiger partial charge is 0.337 e. The third-order valence-electron chi connectivity index (χ3n) is 3.78. The molecule has 3 rings (SSSR count). The van der Waals surface area contributed by atoms with Gasteiger partial charge in [0, 0.05) is 17.2 Å². The Hall–Kier alpha value is -3.33. The van der Waals surface area contributed by atoms with Crippen molar-refractivity contribution in [2.45, 2.75) is 6.92 Å². The summed E-state index contributed by atoms with van der Waals surface area (Å²) in [4.78, 5) is 38.8.